The molecule has 2 rings (SSSR count). The van der Waals surface area contributed by atoms with Crippen LogP contribution < -0.4 is 11.1 Å². The lowest BCUT2D eigenvalue weighted by Gasteiger charge is -2.12. The molecule has 0 atom stereocenters. The Hall–Kier alpha value is -2.56. The molecular weight excluding hydrogens is 259 g/mol. The molecule has 104 valence electrons. The lowest BCUT2D eigenvalue weighted by atomic mass is 10.1. The van der Waals surface area contributed by atoms with Gasteiger partial charge in [0.15, 0.2) is 0 Å². The van der Waals surface area contributed by atoms with Gasteiger partial charge < -0.3 is 15.8 Å². The van der Waals surface area contributed by atoms with Gasteiger partial charge in [0.05, 0.1) is 12.7 Å². The molecule has 4 nitrogen and oxygen atoms in total. The number of nitrogens with one attached hydrogen (secondary N) is 1. The van der Waals surface area contributed by atoms with E-state index >= 15 is 0 Å². The number of hydrogen-bond donors (Lipinski definition) is 2. The first-order valence-electron chi connectivity index (χ1n) is 6.02. The first-order chi connectivity index (χ1) is 9.51. The van der Waals surface area contributed by atoms with E-state index in [9.17, 15) is 9.18 Å². The highest BCUT2D eigenvalue weighted by Crippen LogP contribution is 2.26. The number of esters is 1. The second-order valence-corrected chi connectivity index (χ2v) is 4.38. The van der Waals surface area contributed by atoms with Crippen molar-refractivity contribution in [2.24, 2.45) is 0 Å². The molecule has 0 aliphatic heterocycles. The Morgan fingerprint density at radius 3 is 2.45 bits per heavy atom. The van der Waals surface area contributed by atoms with Crippen LogP contribution >= 0.6 is 0 Å². The molecule has 0 unspecified atom stereocenters. The van der Waals surface area contributed by atoms with E-state index in [0.29, 0.717) is 22.6 Å². The lowest BCUT2D eigenvalue weighted by Crippen LogP contribution is -2.08. The van der Waals surface area contributed by atoms with Gasteiger partial charge >= 0.3 is 5.97 Å². The Morgan fingerprint density at radius 1 is 1.20 bits per heavy atom. The van der Waals surface area contributed by atoms with Crippen molar-refractivity contribution in [3.05, 3.63) is 53.3 Å². The zero-order chi connectivity index (χ0) is 14.7. The number of anilines is 3. The maximum atomic E-state index is 12.9. The molecule has 20 heavy (non-hydrogen) atoms. The van der Waals surface area contributed by atoms with Crippen LogP contribution in [-0.2, 0) is 4.74 Å². The molecule has 2 aromatic rings. The summed E-state index contributed by atoms with van der Waals surface area (Å²) < 4.78 is 17.5. The average Bonchev–Trinajstić information content (AvgIpc) is 2.44. The number of methoxy groups -OCH3 is 1. The molecule has 0 aliphatic carbocycles. The van der Waals surface area contributed by atoms with Gasteiger partial charge in [0, 0.05) is 17.1 Å². The fourth-order valence-corrected chi connectivity index (χ4v) is 1.85. The van der Waals surface area contributed by atoms with Crippen molar-refractivity contribution in [2.75, 3.05) is 18.2 Å². The summed E-state index contributed by atoms with van der Waals surface area (Å²) >= 11 is 0. The Kier molecular flexibility index (Phi) is 3.89. The number of nitrogen functional groups attached to an aromatic ring is 1. The molecule has 0 aliphatic rings. The monoisotopic (exact) mass is 274 g/mol. The van der Waals surface area contributed by atoms with Crippen molar-refractivity contribution in [3.63, 3.8) is 0 Å². The van der Waals surface area contributed by atoms with Gasteiger partial charge in [0.1, 0.15) is 5.82 Å². The van der Waals surface area contributed by atoms with Gasteiger partial charge in [-0.15, -0.1) is 0 Å². The second-order valence-electron chi connectivity index (χ2n) is 4.38. The van der Waals surface area contributed by atoms with Crippen LogP contribution in [0.3, 0.4) is 0 Å². The van der Waals surface area contributed by atoms with Crippen LogP contribution in [0.5, 0.6) is 0 Å². The van der Waals surface area contributed by atoms with Gasteiger partial charge in [0.2, 0.25) is 0 Å². The predicted octanol–water partition coefficient (Wildman–Crippen LogP) is 3.25. The summed E-state index contributed by atoms with van der Waals surface area (Å²) in [7, 11) is 1.30. The number of hydrogen-bond acceptors (Lipinski definition) is 4. The van der Waals surface area contributed by atoms with Crippen molar-refractivity contribution in [3.8, 4) is 0 Å². The number of rotatable bonds is 3. The summed E-state index contributed by atoms with van der Waals surface area (Å²) in [5, 5.41) is 3.09. The summed E-state index contributed by atoms with van der Waals surface area (Å²) in [6.07, 6.45) is 0. The standard InChI is InChI=1S/C15H15FN2O2/c1-9-7-12(8-13(14(9)17)15(19)20-2)18-11-5-3-10(16)4-6-11/h3-8,18H,17H2,1-2H3. The van der Waals surface area contributed by atoms with Gasteiger partial charge in [-0.25, -0.2) is 9.18 Å². The molecule has 0 spiro atoms. The van der Waals surface area contributed by atoms with Crippen LogP contribution in [0.4, 0.5) is 21.5 Å². The summed E-state index contributed by atoms with van der Waals surface area (Å²) in [6.45, 7) is 1.80. The van der Waals surface area contributed by atoms with E-state index in [1.165, 1.54) is 19.2 Å². The van der Waals surface area contributed by atoms with E-state index < -0.39 is 5.97 Å². The average molecular weight is 274 g/mol. The van der Waals surface area contributed by atoms with E-state index in [0.717, 1.165) is 5.56 Å². The molecule has 3 N–H and O–H groups in total. The normalized spacial score (nSPS) is 10.2. The molecule has 0 saturated carbocycles. The lowest BCUT2D eigenvalue weighted by molar-refractivity contribution is 0.0602. The fourth-order valence-electron chi connectivity index (χ4n) is 1.85. The van der Waals surface area contributed by atoms with Crippen molar-refractivity contribution >= 4 is 23.0 Å². The maximum absolute atomic E-state index is 12.9. The highest BCUT2D eigenvalue weighted by molar-refractivity contribution is 5.97. The van der Waals surface area contributed by atoms with E-state index in [2.05, 4.69) is 5.32 Å². The fraction of sp³-hybridized carbons (Fsp3) is 0.133. The smallest absolute Gasteiger partial charge is 0.340 e. The van der Waals surface area contributed by atoms with Crippen molar-refractivity contribution in [1.82, 2.24) is 0 Å². The topological polar surface area (TPSA) is 64.3 Å². The molecule has 0 saturated heterocycles. The molecule has 0 fully saturated rings. The minimum absolute atomic E-state index is 0.303. The molecule has 0 heterocycles. The summed E-state index contributed by atoms with van der Waals surface area (Å²) in [5.41, 5.74) is 8.72. The van der Waals surface area contributed by atoms with E-state index in [1.807, 2.05) is 6.07 Å². The zero-order valence-corrected chi connectivity index (χ0v) is 11.2. The van der Waals surface area contributed by atoms with Crippen molar-refractivity contribution < 1.29 is 13.9 Å². The van der Waals surface area contributed by atoms with Gasteiger partial charge in [-0.3, -0.25) is 0 Å². The first kappa shape index (κ1) is 13.9. The number of halogens is 1. The van der Waals surface area contributed by atoms with Gasteiger partial charge in [0.25, 0.3) is 0 Å². The quantitative estimate of drug-likeness (QED) is 0.666. The molecule has 0 amide bonds. The Balaban J connectivity index is 2.35. The first-order valence-corrected chi connectivity index (χ1v) is 6.02. The third kappa shape index (κ3) is 2.88. The molecule has 0 aromatic heterocycles. The molecule has 0 radical (unpaired) electrons. The number of carbonyl (C=O) groups is 1. The highest BCUT2D eigenvalue weighted by atomic mass is 19.1. The Morgan fingerprint density at radius 2 is 1.85 bits per heavy atom. The van der Waals surface area contributed by atoms with Crippen molar-refractivity contribution in [1.29, 1.82) is 0 Å². The van der Waals surface area contributed by atoms with Crippen LogP contribution in [0.25, 0.3) is 0 Å². The van der Waals surface area contributed by atoms with Crippen molar-refractivity contribution in [2.45, 2.75) is 6.92 Å². The van der Waals surface area contributed by atoms with Crippen LogP contribution in [0.1, 0.15) is 15.9 Å². The van der Waals surface area contributed by atoms with Gasteiger partial charge in [-0.1, -0.05) is 0 Å². The number of aryl methyl sites for hydroxylation is 1. The van der Waals surface area contributed by atoms with Crippen LogP contribution in [0.15, 0.2) is 36.4 Å². The number of benzene rings is 2. The largest absolute Gasteiger partial charge is 0.465 e. The molecular formula is C15H15FN2O2. The molecule has 0 bridgehead atoms. The Labute approximate surface area is 116 Å². The summed E-state index contributed by atoms with van der Waals surface area (Å²) in [4.78, 5) is 11.7. The van der Waals surface area contributed by atoms with Gasteiger partial charge in [-0.05, 0) is 48.9 Å². The third-order valence-corrected chi connectivity index (χ3v) is 2.93. The van der Waals surface area contributed by atoms with Crippen LogP contribution in [0.2, 0.25) is 0 Å². The molecule has 2 aromatic carbocycles. The Bertz CT molecular complexity index is 639. The van der Waals surface area contributed by atoms with Crippen LogP contribution in [0, 0.1) is 12.7 Å². The predicted molar refractivity (Wildman–Crippen MR) is 76.6 cm³/mol. The third-order valence-electron chi connectivity index (χ3n) is 2.93. The second kappa shape index (κ2) is 5.61. The highest BCUT2D eigenvalue weighted by Gasteiger charge is 2.13. The van der Waals surface area contributed by atoms with Gasteiger partial charge in [-0.2, -0.15) is 0 Å². The number of carbonyl (C=O) groups excluding carboxylic acids is 1. The van der Waals surface area contributed by atoms with Crippen LogP contribution in [-0.4, -0.2) is 13.1 Å². The summed E-state index contributed by atoms with van der Waals surface area (Å²) in [6, 6.07) is 9.35. The van der Waals surface area contributed by atoms with E-state index in [1.54, 1.807) is 25.1 Å². The zero-order valence-electron chi connectivity index (χ0n) is 11.2. The molecule has 5 heteroatoms. The number of nitrogens with two attached hydrogens (primary N) is 1. The maximum Gasteiger partial charge on any atom is 0.340 e. The number of ether oxygens (including phenoxy) is 1. The van der Waals surface area contributed by atoms with E-state index in [-0.39, 0.29) is 5.82 Å². The SMILES string of the molecule is COC(=O)c1cc(Nc2ccc(F)cc2)cc(C)c1N. The minimum atomic E-state index is -0.492. The summed E-state index contributed by atoms with van der Waals surface area (Å²) in [5.74, 6) is -0.798. The van der Waals surface area contributed by atoms with E-state index in [4.69, 9.17) is 10.5 Å². The minimum Gasteiger partial charge on any atom is -0.465 e.